The monoisotopic (exact) mass is 394 g/mol. The number of rotatable bonds is 11. The molecule has 0 aliphatic heterocycles. The van der Waals surface area contributed by atoms with Crippen LogP contribution in [-0.4, -0.2) is 12.1 Å². The molecule has 1 atom stereocenters. The normalized spacial score (nSPS) is 15.4. The van der Waals surface area contributed by atoms with Crippen LogP contribution in [0.1, 0.15) is 89.4 Å². The lowest BCUT2D eigenvalue weighted by atomic mass is 9.90. The molecule has 29 heavy (non-hydrogen) atoms. The molecule has 0 saturated carbocycles. The van der Waals surface area contributed by atoms with Gasteiger partial charge in [0, 0.05) is 23.6 Å². The maximum absolute atomic E-state index is 12.5. The predicted molar refractivity (Wildman–Crippen MR) is 120 cm³/mol. The molecule has 3 rings (SSSR count). The second-order valence-electron chi connectivity index (χ2n) is 8.23. The summed E-state index contributed by atoms with van der Waals surface area (Å²) < 4.78 is 12.0. The fourth-order valence-electron chi connectivity index (χ4n) is 4.01. The predicted octanol–water partition coefficient (Wildman–Crippen LogP) is 7.34. The molecule has 0 amide bonds. The van der Waals surface area contributed by atoms with Crippen LogP contribution >= 0.6 is 0 Å². The highest BCUT2D eigenvalue weighted by molar-refractivity contribution is 5.97. The minimum atomic E-state index is -0.389. The van der Waals surface area contributed by atoms with E-state index in [2.05, 4.69) is 31.2 Å². The van der Waals surface area contributed by atoms with Crippen LogP contribution in [0.2, 0.25) is 0 Å². The van der Waals surface area contributed by atoms with E-state index in [-0.39, 0.29) is 18.2 Å². The number of hydrogen-bond donors (Lipinski definition) is 0. The molecule has 1 unspecified atom stereocenters. The number of hydrogen-bond acceptors (Lipinski definition) is 3. The summed E-state index contributed by atoms with van der Waals surface area (Å²) in [6.07, 6.45) is 10.5. The zero-order chi connectivity index (χ0) is 20.6. The highest BCUT2D eigenvalue weighted by atomic mass is 16.5. The molecule has 0 fully saturated rings. The number of unbranched alkanes of at least 4 members (excludes halogenated alkanes) is 6. The average Bonchev–Trinajstić information content (AvgIpc) is 2.70. The Kier molecular flexibility index (Phi) is 7.74. The van der Waals surface area contributed by atoms with Crippen molar-refractivity contribution < 1.29 is 14.3 Å². The number of benzene rings is 2. The Morgan fingerprint density at radius 2 is 1.66 bits per heavy atom. The quantitative estimate of drug-likeness (QED) is 0.295. The first-order valence-electron chi connectivity index (χ1n) is 11.2. The van der Waals surface area contributed by atoms with E-state index in [1.54, 1.807) is 0 Å². The third-order valence-electron chi connectivity index (χ3n) is 5.42. The lowest BCUT2D eigenvalue weighted by Gasteiger charge is -2.26. The van der Waals surface area contributed by atoms with Gasteiger partial charge in [-0.2, -0.15) is 0 Å². The zero-order valence-electron chi connectivity index (χ0n) is 18.1. The number of ether oxygens (including phenoxy) is 2. The molecular formula is C26H34O3. The fraction of sp³-hybridized carbons (Fsp3) is 0.500. The summed E-state index contributed by atoms with van der Waals surface area (Å²) in [5.74, 6) is 0.679. The summed E-state index contributed by atoms with van der Waals surface area (Å²) in [5.41, 5.74) is 2.12. The van der Waals surface area contributed by atoms with Crippen molar-refractivity contribution in [2.75, 3.05) is 0 Å². The Morgan fingerprint density at radius 1 is 0.966 bits per heavy atom. The SMILES string of the molecule is CCCCCCCCCC(=O)OC1C=C(OC(C)C)c2cccc3cccc1c23. The summed E-state index contributed by atoms with van der Waals surface area (Å²) in [6.45, 7) is 6.26. The smallest absolute Gasteiger partial charge is 0.306 e. The van der Waals surface area contributed by atoms with Crippen molar-refractivity contribution in [1.82, 2.24) is 0 Å². The van der Waals surface area contributed by atoms with Gasteiger partial charge in [-0.15, -0.1) is 0 Å². The van der Waals surface area contributed by atoms with E-state index in [4.69, 9.17) is 9.47 Å². The van der Waals surface area contributed by atoms with E-state index in [1.807, 2.05) is 32.1 Å². The summed E-state index contributed by atoms with van der Waals surface area (Å²) in [7, 11) is 0. The van der Waals surface area contributed by atoms with Crippen LogP contribution in [0.15, 0.2) is 42.5 Å². The minimum Gasteiger partial charge on any atom is -0.491 e. The highest BCUT2D eigenvalue weighted by Crippen LogP contribution is 2.40. The number of carbonyl (C=O) groups excluding carboxylic acids is 1. The molecule has 156 valence electrons. The summed E-state index contributed by atoms with van der Waals surface area (Å²) >= 11 is 0. The maximum atomic E-state index is 12.5. The molecule has 2 aromatic carbocycles. The van der Waals surface area contributed by atoms with Crippen molar-refractivity contribution in [3.8, 4) is 0 Å². The second kappa shape index (κ2) is 10.5. The van der Waals surface area contributed by atoms with Crippen LogP contribution in [0.25, 0.3) is 16.5 Å². The van der Waals surface area contributed by atoms with Crippen molar-refractivity contribution in [3.63, 3.8) is 0 Å². The van der Waals surface area contributed by atoms with Crippen LogP contribution < -0.4 is 0 Å². The largest absolute Gasteiger partial charge is 0.491 e. The maximum Gasteiger partial charge on any atom is 0.306 e. The van der Waals surface area contributed by atoms with Crippen LogP contribution in [-0.2, 0) is 14.3 Å². The third-order valence-corrected chi connectivity index (χ3v) is 5.42. The molecular weight excluding hydrogens is 360 g/mol. The van der Waals surface area contributed by atoms with Crippen molar-refractivity contribution >= 4 is 22.5 Å². The van der Waals surface area contributed by atoms with Crippen LogP contribution in [0, 0.1) is 0 Å². The van der Waals surface area contributed by atoms with Crippen molar-refractivity contribution in [3.05, 3.63) is 53.6 Å². The van der Waals surface area contributed by atoms with E-state index in [0.717, 1.165) is 40.5 Å². The average molecular weight is 395 g/mol. The molecule has 3 nitrogen and oxygen atoms in total. The molecule has 1 aliphatic rings. The van der Waals surface area contributed by atoms with Gasteiger partial charge in [-0.1, -0.05) is 81.8 Å². The Labute approximate surface area is 175 Å². The van der Waals surface area contributed by atoms with Crippen LogP contribution in [0.5, 0.6) is 0 Å². The van der Waals surface area contributed by atoms with E-state index < -0.39 is 0 Å². The topological polar surface area (TPSA) is 35.5 Å². The molecule has 0 bridgehead atoms. The van der Waals surface area contributed by atoms with E-state index in [9.17, 15) is 4.79 Å². The minimum absolute atomic E-state index is 0.0610. The molecule has 0 N–H and O–H groups in total. The number of carbonyl (C=O) groups is 1. The van der Waals surface area contributed by atoms with Gasteiger partial charge in [0.05, 0.1) is 6.10 Å². The Balaban J connectivity index is 1.66. The Bertz CT molecular complexity index is 845. The molecule has 0 aromatic heterocycles. The van der Waals surface area contributed by atoms with E-state index in [0.29, 0.717) is 6.42 Å². The Morgan fingerprint density at radius 3 is 2.38 bits per heavy atom. The van der Waals surface area contributed by atoms with Gasteiger partial charge in [-0.05, 0) is 31.0 Å². The molecule has 0 saturated heterocycles. The van der Waals surface area contributed by atoms with Gasteiger partial charge in [0.2, 0.25) is 0 Å². The second-order valence-corrected chi connectivity index (χ2v) is 8.23. The fourth-order valence-corrected chi connectivity index (χ4v) is 4.01. The number of esters is 1. The first kappa shape index (κ1) is 21.4. The molecule has 0 heterocycles. The standard InChI is InChI=1S/C26H34O3/c1-4-5-6-7-8-9-10-17-25(27)29-24-18-23(28-19(2)3)21-15-11-13-20-14-12-16-22(24)26(20)21/h11-16,18-19,24H,4-10,17H2,1-3H3. The molecule has 0 radical (unpaired) electrons. The van der Waals surface area contributed by atoms with E-state index in [1.165, 1.54) is 32.1 Å². The molecule has 0 spiro atoms. The molecule has 3 heteroatoms. The van der Waals surface area contributed by atoms with Crippen LogP contribution in [0.3, 0.4) is 0 Å². The van der Waals surface area contributed by atoms with Gasteiger partial charge in [0.15, 0.2) is 0 Å². The Hall–Kier alpha value is -2.29. The lowest BCUT2D eigenvalue weighted by molar-refractivity contribution is -0.147. The van der Waals surface area contributed by atoms with Gasteiger partial charge < -0.3 is 9.47 Å². The van der Waals surface area contributed by atoms with Crippen molar-refractivity contribution in [1.29, 1.82) is 0 Å². The first-order valence-corrected chi connectivity index (χ1v) is 11.2. The molecule has 2 aromatic rings. The van der Waals surface area contributed by atoms with Crippen LogP contribution in [0.4, 0.5) is 0 Å². The first-order chi connectivity index (χ1) is 14.1. The summed E-state index contributed by atoms with van der Waals surface area (Å²) in [5, 5.41) is 2.27. The van der Waals surface area contributed by atoms with Gasteiger partial charge in [0.25, 0.3) is 0 Å². The van der Waals surface area contributed by atoms with Crippen molar-refractivity contribution in [2.45, 2.75) is 84.3 Å². The zero-order valence-corrected chi connectivity index (χ0v) is 18.1. The lowest BCUT2D eigenvalue weighted by Crippen LogP contribution is -2.15. The summed E-state index contributed by atoms with van der Waals surface area (Å²) in [6, 6.07) is 12.4. The van der Waals surface area contributed by atoms with Gasteiger partial charge in [0.1, 0.15) is 11.9 Å². The van der Waals surface area contributed by atoms with Gasteiger partial charge >= 0.3 is 5.97 Å². The highest BCUT2D eigenvalue weighted by Gasteiger charge is 2.26. The third kappa shape index (κ3) is 5.62. The van der Waals surface area contributed by atoms with Crippen molar-refractivity contribution in [2.24, 2.45) is 0 Å². The van der Waals surface area contributed by atoms with Gasteiger partial charge in [-0.25, -0.2) is 0 Å². The summed E-state index contributed by atoms with van der Waals surface area (Å²) in [4.78, 5) is 12.5. The van der Waals surface area contributed by atoms with Gasteiger partial charge in [-0.3, -0.25) is 4.79 Å². The van der Waals surface area contributed by atoms with E-state index >= 15 is 0 Å². The molecule has 1 aliphatic carbocycles.